The number of hydrogen-bond donors (Lipinski definition) is 2. The van der Waals surface area contributed by atoms with Gasteiger partial charge in [0.1, 0.15) is 0 Å². The van der Waals surface area contributed by atoms with E-state index in [2.05, 4.69) is 24.4 Å². The summed E-state index contributed by atoms with van der Waals surface area (Å²) >= 11 is 0. The van der Waals surface area contributed by atoms with E-state index >= 15 is 0 Å². The molecule has 2 N–H and O–H groups in total. The van der Waals surface area contributed by atoms with Gasteiger partial charge in [0.05, 0.1) is 6.10 Å². The third-order valence-electron chi connectivity index (χ3n) is 3.50. The van der Waals surface area contributed by atoms with Crippen molar-refractivity contribution in [2.75, 3.05) is 13.1 Å². The Labute approximate surface area is 123 Å². The van der Waals surface area contributed by atoms with Crippen molar-refractivity contribution in [1.29, 1.82) is 0 Å². The molecule has 0 saturated carbocycles. The molecule has 0 bridgehead atoms. The normalized spacial score (nSPS) is 12.4. The minimum atomic E-state index is -0.938. The Morgan fingerprint density at radius 3 is 2.57 bits per heavy atom. The highest BCUT2D eigenvalue weighted by atomic mass is 19.2. The van der Waals surface area contributed by atoms with Crippen molar-refractivity contribution < 1.29 is 13.9 Å². The number of aliphatic hydroxyl groups is 1. The zero-order valence-electron chi connectivity index (χ0n) is 11.9. The van der Waals surface area contributed by atoms with Crippen molar-refractivity contribution in [3.63, 3.8) is 0 Å². The highest BCUT2D eigenvalue weighted by molar-refractivity contribution is 5.25. The Morgan fingerprint density at radius 2 is 1.86 bits per heavy atom. The van der Waals surface area contributed by atoms with Crippen LogP contribution in [-0.4, -0.2) is 18.2 Å². The average molecular weight is 291 g/mol. The minimum Gasteiger partial charge on any atom is -0.387 e. The summed E-state index contributed by atoms with van der Waals surface area (Å²) in [6.45, 7) is 3.08. The molecule has 0 aliphatic rings. The van der Waals surface area contributed by atoms with Gasteiger partial charge in [-0.25, -0.2) is 8.78 Å². The number of hydrogen-bond acceptors (Lipinski definition) is 2. The van der Waals surface area contributed by atoms with E-state index in [0.29, 0.717) is 18.7 Å². The smallest absolute Gasteiger partial charge is 0.159 e. The first-order valence-corrected chi connectivity index (χ1v) is 6.96. The van der Waals surface area contributed by atoms with Gasteiger partial charge in [-0.1, -0.05) is 30.3 Å². The number of halogens is 2. The number of rotatable bonds is 6. The van der Waals surface area contributed by atoms with Crippen molar-refractivity contribution in [2.45, 2.75) is 19.4 Å². The molecule has 1 atom stereocenters. The highest BCUT2D eigenvalue weighted by Gasteiger charge is 2.10. The zero-order valence-corrected chi connectivity index (χ0v) is 11.9. The summed E-state index contributed by atoms with van der Waals surface area (Å²) in [6, 6.07) is 11.6. The van der Waals surface area contributed by atoms with Crippen LogP contribution < -0.4 is 5.32 Å². The van der Waals surface area contributed by atoms with Crippen LogP contribution in [0.3, 0.4) is 0 Å². The molecule has 1 unspecified atom stereocenters. The van der Waals surface area contributed by atoms with E-state index in [1.807, 2.05) is 12.1 Å². The summed E-state index contributed by atoms with van der Waals surface area (Å²) < 4.78 is 25.9. The maximum Gasteiger partial charge on any atom is 0.159 e. The van der Waals surface area contributed by atoms with Gasteiger partial charge in [0.25, 0.3) is 0 Å². The Balaban J connectivity index is 1.80. The second kappa shape index (κ2) is 7.29. The van der Waals surface area contributed by atoms with Gasteiger partial charge in [-0.05, 0) is 48.7 Å². The molecule has 2 rings (SSSR count). The van der Waals surface area contributed by atoms with E-state index in [9.17, 15) is 13.9 Å². The summed E-state index contributed by atoms with van der Waals surface area (Å²) in [6.07, 6.45) is 0.00828. The Kier molecular flexibility index (Phi) is 5.42. The van der Waals surface area contributed by atoms with Gasteiger partial charge in [-0.2, -0.15) is 0 Å². The minimum absolute atomic E-state index is 0.303. The lowest BCUT2D eigenvalue weighted by atomic mass is 10.1. The molecule has 0 aromatic heterocycles. The maximum atomic E-state index is 13.1. The molecule has 2 aromatic carbocycles. The van der Waals surface area contributed by atoms with Gasteiger partial charge < -0.3 is 10.4 Å². The summed E-state index contributed by atoms with van der Waals surface area (Å²) in [7, 11) is 0. The molecule has 2 aromatic rings. The van der Waals surface area contributed by atoms with E-state index in [0.717, 1.165) is 18.6 Å². The first kappa shape index (κ1) is 15.6. The molecule has 0 saturated heterocycles. The van der Waals surface area contributed by atoms with Crippen molar-refractivity contribution in [1.82, 2.24) is 5.32 Å². The molecule has 0 amide bonds. The van der Waals surface area contributed by atoms with Gasteiger partial charge in [0, 0.05) is 6.54 Å². The van der Waals surface area contributed by atoms with Crippen LogP contribution in [0.5, 0.6) is 0 Å². The molecule has 112 valence electrons. The summed E-state index contributed by atoms with van der Waals surface area (Å²) in [5, 5.41) is 13.1. The molecule has 0 aliphatic heterocycles. The van der Waals surface area contributed by atoms with Gasteiger partial charge in [0.2, 0.25) is 0 Å². The van der Waals surface area contributed by atoms with E-state index in [1.54, 1.807) is 0 Å². The van der Waals surface area contributed by atoms with Crippen LogP contribution in [-0.2, 0) is 6.42 Å². The number of aryl methyl sites for hydroxylation is 1. The molecule has 0 fully saturated rings. The summed E-state index contributed by atoms with van der Waals surface area (Å²) in [5.41, 5.74) is 2.87. The third-order valence-corrected chi connectivity index (χ3v) is 3.50. The third kappa shape index (κ3) is 4.34. The summed E-state index contributed by atoms with van der Waals surface area (Å²) in [4.78, 5) is 0. The number of aliphatic hydroxyl groups excluding tert-OH is 1. The lowest BCUT2D eigenvalue weighted by molar-refractivity contribution is 0.174. The molecule has 2 nitrogen and oxygen atoms in total. The number of nitrogens with one attached hydrogen (secondary N) is 1. The van der Waals surface area contributed by atoms with Crippen LogP contribution in [0.2, 0.25) is 0 Å². The first-order valence-electron chi connectivity index (χ1n) is 6.96. The molecule has 0 aliphatic carbocycles. The van der Waals surface area contributed by atoms with Crippen LogP contribution in [0.15, 0.2) is 42.5 Å². The quantitative estimate of drug-likeness (QED) is 0.801. The lowest BCUT2D eigenvalue weighted by Crippen LogP contribution is -2.24. The zero-order chi connectivity index (χ0) is 15.2. The number of benzene rings is 2. The van der Waals surface area contributed by atoms with Gasteiger partial charge in [-0.3, -0.25) is 0 Å². The Hall–Kier alpha value is -1.78. The second-order valence-corrected chi connectivity index (χ2v) is 5.07. The fraction of sp³-hybridized carbons (Fsp3) is 0.294. The molecule has 4 heteroatoms. The highest BCUT2D eigenvalue weighted by Crippen LogP contribution is 2.15. The van der Waals surface area contributed by atoms with Crippen molar-refractivity contribution in [2.24, 2.45) is 0 Å². The molecule has 0 spiro atoms. The van der Waals surface area contributed by atoms with E-state index < -0.39 is 17.7 Å². The SMILES string of the molecule is Cc1ccccc1CCNCC(O)c1ccc(F)c(F)c1. The van der Waals surface area contributed by atoms with Crippen LogP contribution in [0, 0.1) is 18.6 Å². The first-order chi connectivity index (χ1) is 10.1. The van der Waals surface area contributed by atoms with Gasteiger partial charge in [-0.15, -0.1) is 0 Å². The van der Waals surface area contributed by atoms with E-state index in [-0.39, 0.29) is 0 Å². The largest absolute Gasteiger partial charge is 0.387 e. The van der Waals surface area contributed by atoms with Crippen molar-refractivity contribution >= 4 is 0 Å². The monoisotopic (exact) mass is 291 g/mol. The molecule has 21 heavy (non-hydrogen) atoms. The predicted octanol–water partition coefficient (Wildman–Crippen LogP) is 3.14. The van der Waals surface area contributed by atoms with Crippen LogP contribution in [0.25, 0.3) is 0 Å². The topological polar surface area (TPSA) is 32.3 Å². The lowest BCUT2D eigenvalue weighted by Gasteiger charge is -2.13. The summed E-state index contributed by atoms with van der Waals surface area (Å²) in [5.74, 6) is -1.84. The average Bonchev–Trinajstić information content (AvgIpc) is 2.48. The van der Waals surface area contributed by atoms with E-state index in [4.69, 9.17) is 0 Å². The Bertz CT molecular complexity index is 601. The molecule has 0 radical (unpaired) electrons. The maximum absolute atomic E-state index is 13.1. The standard InChI is InChI=1S/C17H19F2NO/c1-12-4-2-3-5-13(12)8-9-20-11-17(21)14-6-7-15(18)16(19)10-14/h2-7,10,17,20-21H,8-9,11H2,1H3. The van der Waals surface area contributed by atoms with Gasteiger partial charge >= 0.3 is 0 Å². The Morgan fingerprint density at radius 1 is 1.10 bits per heavy atom. The molecule has 0 heterocycles. The predicted molar refractivity (Wildman–Crippen MR) is 79.1 cm³/mol. The second-order valence-electron chi connectivity index (χ2n) is 5.07. The van der Waals surface area contributed by atoms with E-state index in [1.165, 1.54) is 17.2 Å². The molecular weight excluding hydrogens is 272 g/mol. The molecular formula is C17H19F2NO. The fourth-order valence-electron chi connectivity index (χ4n) is 2.19. The van der Waals surface area contributed by atoms with Gasteiger partial charge in [0.15, 0.2) is 11.6 Å². The van der Waals surface area contributed by atoms with Crippen molar-refractivity contribution in [3.05, 3.63) is 70.8 Å². The van der Waals surface area contributed by atoms with Crippen LogP contribution >= 0.6 is 0 Å². The van der Waals surface area contributed by atoms with Crippen molar-refractivity contribution in [3.8, 4) is 0 Å². The fourth-order valence-corrected chi connectivity index (χ4v) is 2.19. The van der Waals surface area contributed by atoms with Crippen LogP contribution in [0.4, 0.5) is 8.78 Å². The van der Waals surface area contributed by atoms with Crippen LogP contribution in [0.1, 0.15) is 22.8 Å².